The zero-order valence-electron chi connectivity index (χ0n) is 16.1. The Labute approximate surface area is 165 Å². The molecule has 2 rings (SSSR count). The van der Waals surface area contributed by atoms with Gasteiger partial charge in [-0.3, -0.25) is 9.20 Å². The first-order chi connectivity index (χ1) is 12.9. The zero-order chi connectivity index (χ0) is 19.7. The van der Waals surface area contributed by atoms with Crippen LogP contribution in [0.1, 0.15) is 25.3 Å². The van der Waals surface area contributed by atoms with Crippen LogP contribution in [-0.4, -0.2) is 67.1 Å². The van der Waals surface area contributed by atoms with Gasteiger partial charge in [-0.2, -0.15) is 0 Å². The minimum atomic E-state index is -3.10. The van der Waals surface area contributed by atoms with E-state index in [0.717, 1.165) is 18.4 Å². The highest BCUT2D eigenvalue weighted by Crippen LogP contribution is 2.14. The van der Waals surface area contributed by atoms with Crippen molar-refractivity contribution in [3.63, 3.8) is 0 Å². The molecule has 0 saturated carbocycles. The molecule has 7 nitrogen and oxygen atoms in total. The van der Waals surface area contributed by atoms with Crippen LogP contribution in [0.5, 0.6) is 0 Å². The number of benzene rings is 1. The molecule has 1 fully saturated rings. The van der Waals surface area contributed by atoms with E-state index in [1.807, 2.05) is 30.3 Å². The Morgan fingerprint density at radius 1 is 1.26 bits per heavy atom. The van der Waals surface area contributed by atoms with Crippen molar-refractivity contribution in [1.82, 2.24) is 14.9 Å². The van der Waals surface area contributed by atoms with Gasteiger partial charge in [0.1, 0.15) is 0 Å². The Balaban J connectivity index is 1.70. The van der Waals surface area contributed by atoms with E-state index in [1.54, 1.807) is 18.3 Å². The van der Waals surface area contributed by atoms with Gasteiger partial charge >= 0.3 is 0 Å². The summed E-state index contributed by atoms with van der Waals surface area (Å²) in [6.45, 7) is 3.31. The maximum atomic E-state index is 12.2. The first-order valence-corrected chi connectivity index (χ1v) is 12.4. The van der Waals surface area contributed by atoms with Crippen molar-refractivity contribution >= 4 is 26.8 Å². The third-order valence-electron chi connectivity index (χ3n) is 4.57. The standard InChI is InChI=1S/C18H30N4O3S2/c1-3-27(24,25)22-12-9-17(10-13-22)21-18(19-2)20-11-14-26(23)15-16-7-5-4-6-8-16/h4-8,17H,3,9-15H2,1-2H3,(H2,19,20,21). The van der Waals surface area contributed by atoms with Crippen molar-refractivity contribution in [1.29, 1.82) is 0 Å². The number of aliphatic imine (C=N–C) groups is 1. The number of guanidine groups is 1. The fourth-order valence-electron chi connectivity index (χ4n) is 2.96. The second-order valence-corrected chi connectivity index (χ2v) is 10.3. The highest BCUT2D eigenvalue weighted by atomic mass is 32.2. The summed E-state index contributed by atoms with van der Waals surface area (Å²) in [5, 5.41) is 6.54. The molecule has 27 heavy (non-hydrogen) atoms. The van der Waals surface area contributed by atoms with E-state index < -0.39 is 20.8 Å². The minimum Gasteiger partial charge on any atom is -0.355 e. The number of hydrogen-bond acceptors (Lipinski definition) is 4. The molecular weight excluding hydrogens is 384 g/mol. The summed E-state index contributed by atoms with van der Waals surface area (Å²) in [6.07, 6.45) is 1.50. The van der Waals surface area contributed by atoms with Crippen molar-refractivity contribution in [2.45, 2.75) is 31.6 Å². The van der Waals surface area contributed by atoms with Crippen LogP contribution in [0.25, 0.3) is 0 Å². The molecule has 1 aromatic carbocycles. The normalized spacial score (nSPS) is 18.2. The molecule has 1 aliphatic heterocycles. The predicted octanol–water partition coefficient (Wildman–Crippen LogP) is 0.914. The quantitative estimate of drug-likeness (QED) is 0.487. The van der Waals surface area contributed by atoms with E-state index in [1.165, 1.54) is 0 Å². The third-order valence-corrected chi connectivity index (χ3v) is 7.77. The Morgan fingerprint density at radius 2 is 1.93 bits per heavy atom. The molecule has 0 bridgehead atoms. The molecule has 1 unspecified atom stereocenters. The van der Waals surface area contributed by atoms with Crippen LogP contribution in [0.3, 0.4) is 0 Å². The Kier molecular flexibility index (Phi) is 8.72. The number of nitrogens with zero attached hydrogens (tertiary/aromatic N) is 2. The monoisotopic (exact) mass is 414 g/mol. The summed E-state index contributed by atoms with van der Waals surface area (Å²) in [4.78, 5) is 4.21. The smallest absolute Gasteiger partial charge is 0.213 e. The van der Waals surface area contributed by atoms with Crippen LogP contribution in [0, 0.1) is 0 Å². The highest BCUT2D eigenvalue weighted by Gasteiger charge is 2.26. The van der Waals surface area contributed by atoms with E-state index in [9.17, 15) is 12.6 Å². The lowest BCUT2D eigenvalue weighted by Crippen LogP contribution is -2.50. The maximum absolute atomic E-state index is 12.2. The van der Waals surface area contributed by atoms with E-state index >= 15 is 0 Å². The largest absolute Gasteiger partial charge is 0.355 e. The van der Waals surface area contributed by atoms with Gasteiger partial charge in [-0.05, 0) is 25.3 Å². The number of nitrogens with one attached hydrogen (secondary N) is 2. The van der Waals surface area contributed by atoms with Crippen LogP contribution < -0.4 is 10.6 Å². The Bertz CT molecular complexity index is 730. The van der Waals surface area contributed by atoms with Gasteiger partial charge in [0.05, 0.1) is 5.75 Å². The van der Waals surface area contributed by atoms with Gasteiger partial charge in [-0.1, -0.05) is 30.3 Å². The molecule has 1 atom stereocenters. The van der Waals surface area contributed by atoms with Gasteiger partial charge < -0.3 is 10.6 Å². The lowest BCUT2D eigenvalue weighted by molar-refractivity contribution is 0.306. The van der Waals surface area contributed by atoms with Gasteiger partial charge in [0.15, 0.2) is 5.96 Å². The minimum absolute atomic E-state index is 0.147. The lowest BCUT2D eigenvalue weighted by atomic mass is 10.1. The molecule has 0 radical (unpaired) electrons. The molecule has 9 heteroatoms. The van der Waals surface area contributed by atoms with Gasteiger partial charge in [0.2, 0.25) is 10.0 Å². The summed E-state index contributed by atoms with van der Waals surface area (Å²) in [5.41, 5.74) is 1.08. The highest BCUT2D eigenvalue weighted by molar-refractivity contribution is 7.89. The number of rotatable bonds is 8. The van der Waals surface area contributed by atoms with Crippen LogP contribution in [-0.2, 0) is 26.6 Å². The Hall–Kier alpha value is -1.45. The van der Waals surface area contributed by atoms with Crippen LogP contribution in [0.4, 0.5) is 0 Å². The molecular formula is C18H30N4O3S2. The van der Waals surface area contributed by atoms with E-state index in [-0.39, 0.29) is 11.8 Å². The van der Waals surface area contributed by atoms with Crippen LogP contribution >= 0.6 is 0 Å². The average Bonchev–Trinajstić information content (AvgIpc) is 2.68. The van der Waals surface area contributed by atoms with Crippen LogP contribution in [0.2, 0.25) is 0 Å². The first kappa shape index (κ1) is 21.8. The van der Waals surface area contributed by atoms with E-state index in [0.29, 0.717) is 37.1 Å². The molecule has 0 spiro atoms. The topological polar surface area (TPSA) is 90.9 Å². The van der Waals surface area contributed by atoms with Crippen molar-refractivity contribution in [2.24, 2.45) is 4.99 Å². The lowest BCUT2D eigenvalue weighted by Gasteiger charge is -2.32. The van der Waals surface area contributed by atoms with Gasteiger partial charge in [0.25, 0.3) is 0 Å². The van der Waals surface area contributed by atoms with Crippen molar-refractivity contribution < 1.29 is 12.6 Å². The number of hydrogen-bond donors (Lipinski definition) is 2. The third kappa shape index (κ3) is 7.23. The second-order valence-electron chi connectivity index (χ2n) is 6.49. The molecule has 0 aliphatic carbocycles. The fraction of sp³-hybridized carbons (Fsp3) is 0.611. The van der Waals surface area contributed by atoms with Crippen LogP contribution in [0.15, 0.2) is 35.3 Å². The predicted molar refractivity (Wildman–Crippen MR) is 112 cm³/mol. The summed E-state index contributed by atoms with van der Waals surface area (Å²) in [6, 6.07) is 10.0. The SMILES string of the molecule is CCS(=O)(=O)N1CCC(NC(=NC)NCCS(=O)Cc2ccccc2)CC1. The molecule has 1 aromatic rings. The van der Waals surface area contributed by atoms with Gasteiger partial charge in [-0.25, -0.2) is 12.7 Å². The molecule has 1 heterocycles. The van der Waals surface area contributed by atoms with E-state index in [4.69, 9.17) is 0 Å². The second kappa shape index (κ2) is 10.8. The molecule has 0 aromatic heterocycles. The molecule has 1 saturated heterocycles. The molecule has 1 aliphatic rings. The van der Waals surface area contributed by atoms with Crippen molar-refractivity contribution in [3.05, 3.63) is 35.9 Å². The van der Waals surface area contributed by atoms with Gasteiger partial charge in [0, 0.05) is 55.0 Å². The first-order valence-electron chi connectivity index (χ1n) is 9.28. The number of sulfonamides is 1. The molecule has 152 valence electrons. The number of piperidine rings is 1. The van der Waals surface area contributed by atoms with Gasteiger partial charge in [-0.15, -0.1) is 0 Å². The summed E-state index contributed by atoms with van der Waals surface area (Å²) in [7, 11) is -2.33. The fourth-order valence-corrected chi connectivity index (χ4v) is 5.14. The average molecular weight is 415 g/mol. The Morgan fingerprint density at radius 3 is 2.52 bits per heavy atom. The van der Waals surface area contributed by atoms with E-state index in [2.05, 4.69) is 15.6 Å². The molecule has 0 amide bonds. The zero-order valence-corrected chi connectivity index (χ0v) is 17.7. The summed E-state index contributed by atoms with van der Waals surface area (Å²) >= 11 is 0. The summed E-state index contributed by atoms with van der Waals surface area (Å²) < 4.78 is 37.6. The van der Waals surface area contributed by atoms with Crippen molar-refractivity contribution in [2.75, 3.05) is 38.2 Å². The van der Waals surface area contributed by atoms with Crippen molar-refractivity contribution in [3.8, 4) is 0 Å². The molecule has 2 N–H and O–H groups in total. The maximum Gasteiger partial charge on any atom is 0.213 e. The summed E-state index contributed by atoms with van der Waals surface area (Å²) in [5.74, 6) is 1.92.